The van der Waals surface area contributed by atoms with E-state index in [0.29, 0.717) is 38.2 Å². The average Bonchev–Trinajstić information content (AvgIpc) is 3.05. The predicted molar refractivity (Wildman–Crippen MR) is 131 cm³/mol. The number of nitrogens with zero attached hydrogens (tertiary/aromatic N) is 3. The van der Waals surface area contributed by atoms with Crippen molar-refractivity contribution in [2.24, 2.45) is 0 Å². The SMILES string of the molecule is CC(C)NC(=O)CN1CN(c2ccccc2)C2(CCN(C(=O)c3ccccc3Br)CC2)C1=O. The summed E-state index contributed by atoms with van der Waals surface area (Å²) in [5.41, 5.74) is 0.811. The minimum Gasteiger partial charge on any atom is -0.352 e. The molecule has 1 N–H and O–H groups in total. The van der Waals surface area contributed by atoms with E-state index >= 15 is 0 Å². The summed E-state index contributed by atoms with van der Waals surface area (Å²) in [7, 11) is 0. The molecule has 4 rings (SSSR count). The number of rotatable bonds is 5. The number of amides is 3. The number of anilines is 1. The van der Waals surface area contributed by atoms with Crippen molar-refractivity contribution in [2.75, 3.05) is 31.2 Å². The Labute approximate surface area is 202 Å². The highest BCUT2D eigenvalue weighted by molar-refractivity contribution is 9.10. The lowest BCUT2D eigenvalue weighted by Gasteiger charge is -2.43. The first-order valence-electron chi connectivity index (χ1n) is 11.3. The second-order valence-electron chi connectivity index (χ2n) is 8.93. The third-order valence-electron chi connectivity index (χ3n) is 6.35. The van der Waals surface area contributed by atoms with E-state index in [2.05, 4.69) is 26.1 Å². The van der Waals surface area contributed by atoms with Crippen LogP contribution in [-0.2, 0) is 9.59 Å². The fraction of sp³-hybridized carbons (Fsp3) is 0.400. The van der Waals surface area contributed by atoms with Crippen LogP contribution in [0.2, 0.25) is 0 Å². The molecule has 0 saturated carbocycles. The number of likely N-dealkylation sites (tertiary alicyclic amines) is 1. The number of hydrogen-bond donors (Lipinski definition) is 1. The van der Waals surface area contributed by atoms with E-state index in [4.69, 9.17) is 0 Å². The lowest BCUT2D eigenvalue weighted by atomic mass is 9.85. The summed E-state index contributed by atoms with van der Waals surface area (Å²) in [6, 6.07) is 17.2. The van der Waals surface area contributed by atoms with Gasteiger partial charge in [0, 0.05) is 29.3 Å². The van der Waals surface area contributed by atoms with Crippen molar-refractivity contribution in [3.8, 4) is 0 Å². The Morgan fingerprint density at radius 2 is 1.67 bits per heavy atom. The lowest BCUT2D eigenvalue weighted by molar-refractivity contribution is -0.137. The van der Waals surface area contributed by atoms with Gasteiger partial charge in [-0.3, -0.25) is 14.4 Å². The summed E-state index contributed by atoms with van der Waals surface area (Å²) in [6.45, 7) is 5.13. The number of para-hydroxylation sites is 1. The summed E-state index contributed by atoms with van der Waals surface area (Å²) in [5.74, 6) is -0.245. The first-order chi connectivity index (χ1) is 15.8. The minimum atomic E-state index is -0.760. The Kier molecular flexibility index (Phi) is 6.74. The second kappa shape index (κ2) is 9.55. The first-order valence-corrected chi connectivity index (χ1v) is 12.1. The molecule has 0 aliphatic carbocycles. The number of carbonyl (C=O) groups excluding carboxylic acids is 3. The van der Waals surface area contributed by atoms with Crippen LogP contribution in [0.15, 0.2) is 59.1 Å². The van der Waals surface area contributed by atoms with Crippen molar-refractivity contribution in [2.45, 2.75) is 38.3 Å². The van der Waals surface area contributed by atoms with Gasteiger partial charge in [0.2, 0.25) is 5.91 Å². The average molecular weight is 513 g/mol. The normalized spacial score (nSPS) is 17.7. The van der Waals surface area contributed by atoms with Gasteiger partial charge in [0.1, 0.15) is 12.1 Å². The molecule has 0 radical (unpaired) electrons. The monoisotopic (exact) mass is 512 g/mol. The molecule has 2 aliphatic rings. The quantitative estimate of drug-likeness (QED) is 0.667. The Morgan fingerprint density at radius 1 is 1.03 bits per heavy atom. The van der Waals surface area contributed by atoms with Crippen LogP contribution >= 0.6 is 15.9 Å². The smallest absolute Gasteiger partial charge is 0.255 e. The largest absolute Gasteiger partial charge is 0.352 e. The molecule has 2 aromatic carbocycles. The molecule has 0 bridgehead atoms. The highest BCUT2D eigenvalue weighted by Crippen LogP contribution is 2.39. The summed E-state index contributed by atoms with van der Waals surface area (Å²) >= 11 is 3.47. The maximum atomic E-state index is 13.7. The molecule has 2 aromatic rings. The zero-order chi connectivity index (χ0) is 23.6. The zero-order valence-corrected chi connectivity index (χ0v) is 20.5. The van der Waals surface area contributed by atoms with E-state index in [1.165, 1.54) is 0 Å². The third-order valence-corrected chi connectivity index (χ3v) is 7.04. The maximum Gasteiger partial charge on any atom is 0.255 e. The second-order valence-corrected chi connectivity index (χ2v) is 9.79. The van der Waals surface area contributed by atoms with Gasteiger partial charge in [0.25, 0.3) is 11.8 Å². The van der Waals surface area contributed by atoms with Crippen LogP contribution in [0.1, 0.15) is 37.0 Å². The molecule has 7 nitrogen and oxygen atoms in total. The van der Waals surface area contributed by atoms with Crippen LogP contribution in [0.4, 0.5) is 5.69 Å². The standard InChI is InChI=1S/C25H29BrN4O3/c1-18(2)27-22(31)16-29-17-30(19-8-4-3-5-9-19)25(24(29)33)12-14-28(15-13-25)23(32)20-10-6-7-11-21(20)26/h3-11,18H,12-17H2,1-2H3,(H,27,31). The molecule has 174 valence electrons. The van der Waals surface area contributed by atoms with Crippen molar-refractivity contribution >= 4 is 39.3 Å². The Balaban J connectivity index is 1.56. The molecule has 2 aliphatic heterocycles. The molecule has 0 unspecified atom stereocenters. The molecule has 2 fully saturated rings. The topological polar surface area (TPSA) is 73.0 Å². The number of carbonyl (C=O) groups is 3. The van der Waals surface area contributed by atoms with Gasteiger partial charge in [0.05, 0.1) is 12.2 Å². The van der Waals surface area contributed by atoms with Crippen LogP contribution in [0.25, 0.3) is 0 Å². The molecule has 3 amide bonds. The lowest BCUT2D eigenvalue weighted by Crippen LogP contribution is -2.57. The van der Waals surface area contributed by atoms with Crippen molar-refractivity contribution in [1.82, 2.24) is 15.1 Å². The molecule has 2 saturated heterocycles. The summed E-state index contributed by atoms with van der Waals surface area (Å²) in [5, 5.41) is 2.87. The van der Waals surface area contributed by atoms with Crippen molar-refractivity contribution in [3.63, 3.8) is 0 Å². The first kappa shape index (κ1) is 23.3. The molecule has 0 aromatic heterocycles. The third kappa shape index (κ3) is 4.62. The van der Waals surface area contributed by atoms with Gasteiger partial charge in [-0.2, -0.15) is 0 Å². The van der Waals surface area contributed by atoms with Crippen LogP contribution in [-0.4, -0.2) is 65.4 Å². The molecule has 33 heavy (non-hydrogen) atoms. The van der Waals surface area contributed by atoms with E-state index in [1.807, 2.05) is 73.3 Å². The molecule has 2 heterocycles. The van der Waals surface area contributed by atoms with Crippen LogP contribution < -0.4 is 10.2 Å². The Hall–Kier alpha value is -2.87. The predicted octanol–water partition coefficient (Wildman–Crippen LogP) is 3.25. The minimum absolute atomic E-state index is 0.0148. The summed E-state index contributed by atoms with van der Waals surface area (Å²) < 4.78 is 0.764. The molecule has 1 spiro atoms. The highest BCUT2D eigenvalue weighted by atomic mass is 79.9. The van der Waals surface area contributed by atoms with Gasteiger partial charge in [0.15, 0.2) is 0 Å². The number of hydrogen-bond acceptors (Lipinski definition) is 4. The number of piperidine rings is 1. The van der Waals surface area contributed by atoms with E-state index in [0.717, 1.165) is 10.2 Å². The highest BCUT2D eigenvalue weighted by Gasteiger charge is 2.54. The molecular formula is C25H29BrN4O3. The summed E-state index contributed by atoms with van der Waals surface area (Å²) in [6.07, 6.45) is 1.03. The van der Waals surface area contributed by atoms with Crippen molar-refractivity contribution in [1.29, 1.82) is 0 Å². The van der Waals surface area contributed by atoms with Crippen LogP contribution in [0.3, 0.4) is 0 Å². The van der Waals surface area contributed by atoms with Gasteiger partial charge >= 0.3 is 0 Å². The van der Waals surface area contributed by atoms with Crippen LogP contribution in [0.5, 0.6) is 0 Å². The van der Waals surface area contributed by atoms with Crippen molar-refractivity contribution in [3.05, 3.63) is 64.6 Å². The number of nitrogens with one attached hydrogen (secondary N) is 1. The van der Waals surface area contributed by atoms with E-state index in [9.17, 15) is 14.4 Å². The van der Waals surface area contributed by atoms with Crippen molar-refractivity contribution < 1.29 is 14.4 Å². The van der Waals surface area contributed by atoms with Gasteiger partial charge in [-0.1, -0.05) is 30.3 Å². The van der Waals surface area contributed by atoms with Gasteiger partial charge in [-0.15, -0.1) is 0 Å². The van der Waals surface area contributed by atoms with Gasteiger partial charge < -0.3 is 20.0 Å². The molecular weight excluding hydrogens is 484 g/mol. The fourth-order valence-electron chi connectivity index (χ4n) is 4.75. The van der Waals surface area contributed by atoms with Gasteiger partial charge in [-0.05, 0) is 66.9 Å². The fourth-order valence-corrected chi connectivity index (χ4v) is 5.20. The molecule has 0 atom stereocenters. The molecule has 8 heteroatoms. The maximum absolute atomic E-state index is 13.7. The van der Waals surface area contributed by atoms with Gasteiger partial charge in [-0.25, -0.2) is 0 Å². The van der Waals surface area contributed by atoms with E-state index in [-0.39, 0.29) is 30.3 Å². The Bertz CT molecular complexity index is 1030. The van der Waals surface area contributed by atoms with Crippen LogP contribution in [0, 0.1) is 0 Å². The van der Waals surface area contributed by atoms with E-state index in [1.54, 1.807) is 4.90 Å². The Morgan fingerprint density at radius 3 is 2.30 bits per heavy atom. The zero-order valence-electron chi connectivity index (χ0n) is 19.0. The number of benzene rings is 2. The number of halogens is 1. The summed E-state index contributed by atoms with van der Waals surface area (Å²) in [4.78, 5) is 44.8. The van der Waals surface area contributed by atoms with E-state index < -0.39 is 5.54 Å².